The Balaban J connectivity index is 5.29. The van der Waals surface area contributed by atoms with Crippen LogP contribution in [-0.4, -0.2) is 49.3 Å². The Morgan fingerprint density at radius 3 is 2.05 bits per heavy atom. The molecule has 0 aromatic heterocycles. The van der Waals surface area contributed by atoms with E-state index >= 15 is 0 Å². The van der Waals surface area contributed by atoms with Gasteiger partial charge >= 0.3 is 6.72 Å². The number of rotatable bonds is 10. The smallest absolute Gasteiger partial charge is 0.309 e. The van der Waals surface area contributed by atoms with Gasteiger partial charge < -0.3 is 4.52 Å². The second-order valence-electron chi connectivity index (χ2n) is 3.75. The van der Waals surface area contributed by atoms with Crippen LogP contribution in [0.3, 0.4) is 0 Å². The molecule has 0 bridgehead atoms. The SMILES string of the molecule is CCCSP(=O)(OCC)N(C)S(=O)(=O)N(CC)CC. The zero-order valence-electron chi connectivity index (χ0n) is 12.3. The van der Waals surface area contributed by atoms with Crippen LogP contribution in [0.2, 0.25) is 0 Å². The zero-order valence-corrected chi connectivity index (χ0v) is 14.9. The van der Waals surface area contributed by atoms with Crippen molar-refractivity contribution >= 4 is 28.3 Å². The molecule has 0 aliphatic heterocycles. The topological polar surface area (TPSA) is 66.9 Å². The lowest BCUT2D eigenvalue weighted by Gasteiger charge is -2.30. The van der Waals surface area contributed by atoms with Crippen LogP contribution in [0.1, 0.15) is 34.1 Å². The van der Waals surface area contributed by atoms with Gasteiger partial charge in [-0.1, -0.05) is 32.2 Å². The van der Waals surface area contributed by atoms with Crippen LogP contribution in [0, 0.1) is 0 Å². The number of hydrogen-bond acceptors (Lipinski definition) is 5. The fraction of sp³-hybridized carbons (Fsp3) is 1.00. The van der Waals surface area contributed by atoms with Crippen molar-refractivity contribution < 1.29 is 17.5 Å². The molecule has 0 aliphatic rings. The minimum Gasteiger partial charge on any atom is -0.309 e. The molecule has 0 saturated heterocycles. The highest BCUT2D eigenvalue weighted by atomic mass is 32.7. The van der Waals surface area contributed by atoms with Crippen LogP contribution < -0.4 is 0 Å². The molecule has 0 heterocycles. The molecule has 0 amide bonds. The van der Waals surface area contributed by atoms with Gasteiger partial charge in [-0.3, -0.25) is 4.57 Å². The van der Waals surface area contributed by atoms with Gasteiger partial charge in [0.1, 0.15) is 0 Å². The molecule has 0 saturated carbocycles. The van der Waals surface area contributed by atoms with Crippen LogP contribution in [0.15, 0.2) is 0 Å². The van der Waals surface area contributed by atoms with Crippen molar-refractivity contribution in [2.24, 2.45) is 0 Å². The lowest BCUT2D eigenvalue weighted by atomic mass is 10.6. The molecule has 116 valence electrons. The first-order chi connectivity index (χ1) is 8.80. The van der Waals surface area contributed by atoms with Gasteiger partial charge in [0.15, 0.2) is 0 Å². The van der Waals surface area contributed by atoms with Crippen molar-refractivity contribution in [2.45, 2.75) is 34.1 Å². The molecular weight excluding hydrogens is 307 g/mol. The maximum atomic E-state index is 12.7. The average Bonchev–Trinajstić information content (AvgIpc) is 2.37. The fourth-order valence-corrected chi connectivity index (χ4v) is 8.45. The van der Waals surface area contributed by atoms with Gasteiger partial charge in [0, 0.05) is 25.9 Å². The Bertz CT molecular complexity index is 398. The van der Waals surface area contributed by atoms with Gasteiger partial charge in [-0.25, -0.2) is 0 Å². The summed E-state index contributed by atoms with van der Waals surface area (Å²) < 4.78 is 44.9. The Kier molecular flexibility index (Phi) is 8.83. The summed E-state index contributed by atoms with van der Waals surface area (Å²) in [6.45, 7) is 4.64. The highest BCUT2D eigenvalue weighted by molar-refractivity contribution is 8.56. The molecule has 1 atom stereocenters. The highest BCUT2D eigenvalue weighted by Gasteiger charge is 2.40. The van der Waals surface area contributed by atoms with Crippen molar-refractivity contribution in [3.05, 3.63) is 0 Å². The lowest BCUT2D eigenvalue weighted by Crippen LogP contribution is -2.40. The third kappa shape index (κ3) is 5.02. The molecule has 0 aromatic rings. The monoisotopic (exact) mass is 332 g/mol. The first-order valence-corrected chi connectivity index (χ1v) is 11.0. The van der Waals surface area contributed by atoms with E-state index in [9.17, 15) is 13.0 Å². The van der Waals surface area contributed by atoms with Crippen LogP contribution in [-0.2, 0) is 19.3 Å². The van der Waals surface area contributed by atoms with Gasteiger partial charge in [0.25, 0.3) is 10.2 Å². The summed E-state index contributed by atoms with van der Waals surface area (Å²) in [4.78, 5) is 0. The molecule has 6 nitrogen and oxygen atoms in total. The summed E-state index contributed by atoms with van der Waals surface area (Å²) in [6.07, 6.45) is 0.806. The standard InChI is InChI=1S/C10H25N2O4PS2/c1-6-10-18-17(13,16-9-4)11(5)19(14,15)12(7-2)8-3/h6-10H2,1-5H3. The largest absolute Gasteiger partial charge is 0.343 e. The predicted octanol–water partition coefficient (Wildman–Crippen LogP) is 2.79. The summed E-state index contributed by atoms with van der Waals surface area (Å²) in [5.41, 5.74) is 0. The predicted molar refractivity (Wildman–Crippen MR) is 81.6 cm³/mol. The van der Waals surface area contributed by atoms with Crippen molar-refractivity contribution in [1.29, 1.82) is 0 Å². The third-order valence-electron chi connectivity index (χ3n) is 2.46. The number of hydrogen-bond donors (Lipinski definition) is 0. The molecule has 19 heavy (non-hydrogen) atoms. The second-order valence-corrected chi connectivity index (χ2v) is 10.6. The highest BCUT2D eigenvalue weighted by Crippen LogP contribution is 2.63. The van der Waals surface area contributed by atoms with Gasteiger partial charge in [0.05, 0.1) is 6.61 Å². The van der Waals surface area contributed by atoms with Crippen LogP contribution in [0.5, 0.6) is 0 Å². The summed E-state index contributed by atoms with van der Waals surface area (Å²) in [6, 6.07) is 0. The second kappa shape index (κ2) is 8.64. The van der Waals surface area contributed by atoms with E-state index in [2.05, 4.69) is 0 Å². The summed E-state index contributed by atoms with van der Waals surface area (Å²) >= 11 is 1.08. The minimum atomic E-state index is -3.75. The molecule has 0 radical (unpaired) electrons. The molecule has 0 rings (SSSR count). The Morgan fingerprint density at radius 1 is 1.16 bits per heavy atom. The van der Waals surface area contributed by atoms with E-state index in [-0.39, 0.29) is 6.61 Å². The van der Waals surface area contributed by atoms with Crippen LogP contribution in [0.25, 0.3) is 0 Å². The first-order valence-electron chi connectivity index (χ1n) is 6.43. The van der Waals surface area contributed by atoms with E-state index in [1.165, 1.54) is 11.4 Å². The van der Waals surface area contributed by atoms with Crippen LogP contribution in [0.4, 0.5) is 0 Å². The van der Waals surface area contributed by atoms with E-state index in [0.717, 1.165) is 21.9 Å². The Hall–Kier alpha value is 0.410. The van der Waals surface area contributed by atoms with E-state index in [1.807, 2.05) is 6.92 Å². The van der Waals surface area contributed by atoms with Crippen molar-refractivity contribution in [1.82, 2.24) is 8.38 Å². The molecule has 1 unspecified atom stereocenters. The molecule has 0 spiro atoms. The van der Waals surface area contributed by atoms with Gasteiger partial charge in [-0.15, -0.1) is 4.08 Å². The lowest BCUT2D eigenvalue weighted by molar-refractivity contribution is 0.318. The maximum absolute atomic E-state index is 12.7. The van der Waals surface area contributed by atoms with Crippen molar-refractivity contribution in [3.63, 3.8) is 0 Å². The quantitative estimate of drug-likeness (QED) is 0.576. The molecule has 0 aliphatic carbocycles. The summed E-state index contributed by atoms with van der Waals surface area (Å²) in [7, 11) is -2.43. The summed E-state index contributed by atoms with van der Waals surface area (Å²) in [5.74, 6) is 0.593. The van der Waals surface area contributed by atoms with Crippen molar-refractivity contribution in [2.75, 3.05) is 32.5 Å². The Labute approximate surface area is 121 Å². The number of nitrogens with zero attached hydrogens (tertiary/aromatic N) is 2. The fourth-order valence-electron chi connectivity index (χ4n) is 1.41. The van der Waals surface area contributed by atoms with E-state index in [1.54, 1.807) is 20.8 Å². The molecule has 0 aromatic carbocycles. The molecule has 9 heteroatoms. The normalized spacial score (nSPS) is 15.9. The maximum Gasteiger partial charge on any atom is 0.343 e. The summed E-state index contributed by atoms with van der Waals surface area (Å²) in [5, 5.41) is 0. The van der Waals surface area contributed by atoms with E-state index in [0.29, 0.717) is 18.8 Å². The van der Waals surface area contributed by atoms with Gasteiger partial charge in [0.2, 0.25) is 0 Å². The van der Waals surface area contributed by atoms with E-state index in [4.69, 9.17) is 4.52 Å². The zero-order chi connectivity index (χ0) is 15.1. The van der Waals surface area contributed by atoms with Crippen molar-refractivity contribution in [3.8, 4) is 0 Å². The molecular formula is C10H25N2O4PS2. The van der Waals surface area contributed by atoms with Gasteiger partial charge in [-0.05, 0) is 13.3 Å². The van der Waals surface area contributed by atoms with Crippen LogP contribution >= 0.6 is 18.1 Å². The molecule has 0 N–H and O–H groups in total. The molecule has 0 fully saturated rings. The minimum absolute atomic E-state index is 0.214. The first kappa shape index (κ1) is 19.4. The Morgan fingerprint density at radius 2 is 1.68 bits per heavy atom. The van der Waals surface area contributed by atoms with E-state index < -0.39 is 16.9 Å². The average molecular weight is 332 g/mol. The third-order valence-corrected chi connectivity index (χ3v) is 10.6. The van der Waals surface area contributed by atoms with Gasteiger partial charge in [-0.2, -0.15) is 12.7 Å².